The number of aliphatic imine (C=N–C) groups is 1. The van der Waals surface area contributed by atoms with Crippen LogP contribution in [0.15, 0.2) is 4.99 Å². The molecule has 1 aliphatic heterocycles. The van der Waals surface area contributed by atoms with Gasteiger partial charge in [0.2, 0.25) is 0 Å². The first-order chi connectivity index (χ1) is 10.4. The molecule has 0 aromatic heterocycles. The quantitative estimate of drug-likeness (QED) is 0.411. The summed E-state index contributed by atoms with van der Waals surface area (Å²) in [6, 6.07) is 0. The number of guanidine groups is 1. The molecule has 0 amide bonds. The molecule has 2 N–H and O–H groups in total. The number of hydrogen-bond donors (Lipinski definition) is 2. The number of nitrogens with one attached hydrogen (secondary N) is 2. The summed E-state index contributed by atoms with van der Waals surface area (Å²) in [5.41, 5.74) is 0. The van der Waals surface area contributed by atoms with Gasteiger partial charge < -0.3 is 15.5 Å². The van der Waals surface area contributed by atoms with E-state index in [0.717, 1.165) is 25.0 Å². The Morgan fingerprint density at radius 1 is 1.00 bits per heavy atom. The van der Waals surface area contributed by atoms with Crippen LogP contribution in [0.1, 0.15) is 57.8 Å². The molecule has 2 aliphatic rings. The van der Waals surface area contributed by atoms with E-state index in [4.69, 9.17) is 0 Å². The van der Waals surface area contributed by atoms with Crippen molar-refractivity contribution in [3.63, 3.8) is 0 Å². The van der Waals surface area contributed by atoms with Gasteiger partial charge in [0.15, 0.2) is 5.96 Å². The van der Waals surface area contributed by atoms with Crippen molar-refractivity contribution in [1.29, 1.82) is 0 Å². The third-order valence-electron chi connectivity index (χ3n) is 4.92. The zero-order valence-corrected chi connectivity index (χ0v) is 13.9. The molecule has 0 atom stereocenters. The van der Waals surface area contributed by atoms with Crippen molar-refractivity contribution in [2.75, 3.05) is 39.8 Å². The minimum Gasteiger partial charge on any atom is -0.356 e. The molecule has 2 fully saturated rings. The molecule has 21 heavy (non-hydrogen) atoms. The summed E-state index contributed by atoms with van der Waals surface area (Å²) in [5, 5.41) is 6.88. The molecule has 1 saturated carbocycles. The highest BCUT2D eigenvalue weighted by molar-refractivity contribution is 5.79. The van der Waals surface area contributed by atoms with Crippen molar-refractivity contribution in [3.8, 4) is 0 Å². The second-order valence-electron chi connectivity index (χ2n) is 6.62. The Bertz CT molecular complexity index is 265. The highest BCUT2D eigenvalue weighted by Gasteiger charge is 2.14. The van der Waals surface area contributed by atoms with Crippen molar-refractivity contribution in [1.82, 2.24) is 15.5 Å². The molecule has 0 aromatic rings. The predicted octanol–water partition coefficient (Wildman–Crippen LogP) is 2.61. The van der Waals surface area contributed by atoms with Crippen LogP contribution in [0, 0.1) is 5.92 Å². The highest BCUT2D eigenvalue weighted by Crippen LogP contribution is 2.28. The van der Waals surface area contributed by atoms with Crippen LogP contribution in [0.3, 0.4) is 0 Å². The second-order valence-corrected chi connectivity index (χ2v) is 6.62. The third-order valence-corrected chi connectivity index (χ3v) is 4.92. The van der Waals surface area contributed by atoms with E-state index in [1.54, 1.807) is 0 Å². The first kappa shape index (κ1) is 16.6. The van der Waals surface area contributed by atoms with Crippen LogP contribution in [0.25, 0.3) is 0 Å². The zero-order chi connectivity index (χ0) is 14.8. The number of hydrogen-bond acceptors (Lipinski definition) is 2. The van der Waals surface area contributed by atoms with Crippen LogP contribution >= 0.6 is 0 Å². The SMILES string of the molecule is CN=C(NCCCC1CCCC1)NCCCN1CCCC1. The fraction of sp³-hybridized carbons (Fsp3) is 0.941. The number of nitrogens with zero attached hydrogens (tertiary/aromatic N) is 2. The summed E-state index contributed by atoms with van der Waals surface area (Å²) >= 11 is 0. The van der Waals surface area contributed by atoms with E-state index in [-0.39, 0.29) is 0 Å². The smallest absolute Gasteiger partial charge is 0.190 e. The van der Waals surface area contributed by atoms with Gasteiger partial charge in [-0.05, 0) is 57.7 Å². The molecule has 1 saturated heterocycles. The molecule has 1 heterocycles. The molecule has 122 valence electrons. The van der Waals surface area contributed by atoms with Crippen molar-refractivity contribution < 1.29 is 0 Å². The largest absolute Gasteiger partial charge is 0.356 e. The minimum atomic E-state index is 0.975. The van der Waals surface area contributed by atoms with Gasteiger partial charge >= 0.3 is 0 Å². The first-order valence-electron chi connectivity index (χ1n) is 9.05. The number of rotatable bonds is 8. The van der Waals surface area contributed by atoms with E-state index < -0.39 is 0 Å². The Balaban J connectivity index is 1.45. The molecular weight excluding hydrogens is 260 g/mol. The van der Waals surface area contributed by atoms with Crippen molar-refractivity contribution in [2.45, 2.75) is 57.8 Å². The molecule has 4 nitrogen and oxygen atoms in total. The van der Waals surface area contributed by atoms with Crippen LogP contribution in [0.5, 0.6) is 0 Å². The fourth-order valence-corrected chi connectivity index (χ4v) is 3.63. The lowest BCUT2D eigenvalue weighted by Gasteiger charge is -2.16. The molecule has 4 heteroatoms. The molecular formula is C17H34N4. The van der Waals surface area contributed by atoms with Gasteiger partial charge in [0.05, 0.1) is 0 Å². The lowest BCUT2D eigenvalue weighted by Crippen LogP contribution is -2.39. The van der Waals surface area contributed by atoms with Crippen molar-refractivity contribution in [2.24, 2.45) is 10.9 Å². The van der Waals surface area contributed by atoms with Gasteiger partial charge in [0.1, 0.15) is 0 Å². The van der Waals surface area contributed by atoms with E-state index >= 15 is 0 Å². The van der Waals surface area contributed by atoms with Crippen molar-refractivity contribution in [3.05, 3.63) is 0 Å². The van der Waals surface area contributed by atoms with Gasteiger partial charge in [-0.3, -0.25) is 4.99 Å². The van der Waals surface area contributed by atoms with Gasteiger partial charge in [-0.15, -0.1) is 0 Å². The summed E-state index contributed by atoms with van der Waals surface area (Å²) in [5.74, 6) is 1.98. The Morgan fingerprint density at radius 2 is 1.67 bits per heavy atom. The van der Waals surface area contributed by atoms with Crippen LogP contribution in [-0.2, 0) is 0 Å². The van der Waals surface area contributed by atoms with E-state index in [2.05, 4.69) is 20.5 Å². The van der Waals surface area contributed by atoms with E-state index in [9.17, 15) is 0 Å². The maximum atomic E-state index is 4.31. The summed E-state index contributed by atoms with van der Waals surface area (Å²) < 4.78 is 0. The average Bonchev–Trinajstić information content (AvgIpc) is 3.19. The first-order valence-corrected chi connectivity index (χ1v) is 9.05. The lowest BCUT2D eigenvalue weighted by molar-refractivity contribution is 0.334. The molecule has 2 rings (SSSR count). The Hall–Kier alpha value is -0.770. The third kappa shape index (κ3) is 6.68. The van der Waals surface area contributed by atoms with Crippen molar-refractivity contribution >= 4 is 5.96 Å². The molecule has 1 aliphatic carbocycles. The molecule has 0 unspecified atom stereocenters. The summed E-state index contributed by atoms with van der Waals surface area (Å²) in [7, 11) is 1.87. The molecule has 0 radical (unpaired) electrons. The van der Waals surface area contributed by atoms with E-state index in [0.29, 0.717) is 0 Å². The predicted molar refractivity (Wildman–Crippen MR) is 90.8 cm³/mol. The van der Waals surface area contributed by atoms with Gasteiger partial charge in [-0.2, -0.15) is 0 Å². The Morgan fingerprint density at radius 3 is 2.33 bits per heavy atom. The standard InChI is InChI=1S/C17H34N4/c1-18-17(19-11-6-10-16-8-2-3-9-16)20-12-7-15-21-13-4-5-14-21/h16H,2-15H2,1H3,(H2,18,19,20). The topological polar surface area (TPSA) is 39.7 Å². The fourth-order valence-electron chi connectivity index (χ4n) is 3.63. The summed E-state index contributed by atoms with van der Waals surface area (Å²) in [6.45, 7) is 5.91. The average molecular weight is 294 g/mol. The van der Waals surface area contributed by atoms with Gasteiger partial charge in [0.25, 0.3) is 0 Å². The maximum Gasteiger partial charge on any atom is 0.190 e. The Kier molecular flexibility index (Phi) is 7.94. The van der Waals surface area contributed by atoms with Crippen LogP contribution in [0.2, 0.25) is 0 Å². The maximum absolute atomic E-state index is 4.31. The van der Waals surface area contributed by atoms with E-state index in [1.165, 1.54) is 77.4 Å². The van der Waals surface area contributed by atoms with Crippen LogP contribution < -0.4 is 10.6 Å². The molecule has 0 aromatic carbocycles. The Labute approximate surface area is 130 Å². The monoisotopic (exact) mass is 294 g/mol. The van der Waals surface area contributed by atoms with E-state index in [1.807, 2.05) is 7.05 Å². The molecule has 0 bridgehead atoms. The van der Waals surface area contributed by atoms with Gasteiger partial charge in [0, 0.05) is 20.1 Å². The minimum absolute atomic E-state index is 0.975. The second kappa shape index (κ2) is 10.0. The lowest BCUT2D eigenvalue weighted by atomic mass is 10.0. The normalized spacial score (nSPS) is 21.1. The highest BCUT2D eigenvalue weighted by atomic mass is 15.2. The summed E-state index contributed by atoms with van der Waals surface area (Å²) in [6.07, 6.45) is 12.5. The molecule has 0 spiro atoms. The zero-order valence-electron chi connectivity index (χ0n) is 13.9. The van der Waals surface area contributed by atoms with Crippen LogP contribution in [-0.4, -0.2) is 50.6 Å². The van der Waals surface area contributed by atoms with Crippen LogP contribution in [0.4, 0.5) is 0 Å². The summed E-state index contributed by atoms with van der Waals surface area (Å²) in [4.78, 5) is 6.88. The van der Waals surface area contributed by atoms with Gasteiger partial charge in [-0.1, -0.05) is 25.7 Å². The van der Waals surface area contributed by atoms with Gasteiger partial charge in [-0.25, -0.2) is 0 Å². The number of likely N-dealkylation sites (tertiary alicyclic amines) is 1.